The first kappa shape index (κ1) is 26.8. The van der Waals surface area contributed by atoms with Crippen LogP contribution in [0.5, 0.6) is 0 Å². The van der Waals surface area contributed by atoms with E-state index < -0.39 is 9.84 Å². The molecule has 1 aliphatic rings. The molecule has 4 aromatic rings. The van der Waals surface area contributed by atoms with Gasteiger partial charge in [0, 0.05) is 19.2 Å². The first-order valence-corrected chi connectivity index (χ1v) is 14.5. The predicted octanol–water partition coefficient (Wildman–Crippen LogP) is 2.53. The van der Waals surface area contributed by atoms with Gasteiger partial charge in [-0.25, -0.2) is 33.3 Å². The molecule has 12 nitrogen and oxygen atoms in total. The average molecular weight is 551 g/mol. The zero-order valence-electron chi connectivity index (χ0n) is 22.1. The quantitative estimate of drug-likeness (QED) is 0.293. The van der Waals surface area contributed by atoms with Gasteiger partial charge in [0.2, 0.25) is 0 Å². The van der Waals surface area contributed by atoms with Crippen LogP contribution in [0.2, 0.25) is 0 Å². The van der Waals surface area contributed by atoms with E-state index in [1.54, 1.807) is 32.6 Å². The van der Waals surface area contributed by atoms with Gasteiger partial charge in [-0.3, -0.25) is 14.3 Å². The van der Waals surface area contributed by atoms with Gasteiger partial charge in [-0.05, 0) is 31.4 Å². The Bertz CT molecular complexity index is 1670. The Labute approximate surface area is 225 Å². The van der Waals surface area contributed by atoms with Gasteiger partial charge in [0.1, 0.15) is 11.8 Å². The topological polar surface area (TPSA) is 155 Å². The molecule has 0 aromatic carbocycles. The molecule has 13 heteroatoms. The molecule has 0 aliphatic heterocycles. The van der Waals surface area contributed by atoms with Crippen molar-refractivity contribution in [1.82, 2.24) is 34.5 Å². The van der Waals surface area contributed by atoms with Crippen molar-refractivity contribution in [2.45, 2.75) is 57.0 Å². The molecule has 1 aliphatic carbocycles. The van der Waals surface area contributed by atoms with E-state index in [4.69, 9.17) is 9.72 Å². The molecule has 4 aromatic heterocycles. The van der Waals surface area contributed by atoms with Crippen LogP contribution < -0.4 is 10.9 Å². The highest BCUT2D eigenvalue weighted by Gasteiger charge is 2.30. The van der Waals surface area contributed by atoms with E-state index in [1.807, 2.05) is 6.92 Å². The summed E-state index contributed by atoms with van der Waals surface area (Å²) in [5.74, 6) is 0.953. The van der Waals surface area contributed by atoms with E-state index in [0.29, 0.717) is 41.6 Å². The molecule has 0 amide bonds. The number of hydrogen-bond donors (Lipinski definition) is 1. The maximum absolute atomic E-state index is 13.5. The van der Waals surface area contributed by atoms with Crippen molar-refractivity contribution in [2.75, 3.05) is 24.8 Å². The van der Waals surface area contributed by atoms with Crippen molar-refractivity contribution in [2.24, 2.45) is 0 Å². The van der Waals surface area contributed by atoms with Gasteiger partial charge in [-0.1, -0.05) is 13.8 Å². The van der Waals surface area contributed by atoms with E-state index in [0.717, 1.165) is 29.8 Å². The minimum atomic E-state index is -3.34. The summed E-state index contributed by atoms with van der Waals surface area (Å²) in [4.78, 5) is 40.8. The third-order valence-electron chi connectivity index (χ3n) is 6.66. The number of hydrogen-bond acceptors (Lipinski definition) is 11. The zero-order chi connectivity index (χ0) is 27.6. The molecular weight excluding hydrogens is 520 g/mol. The Morgan fingerprint density at radius 1 is 1.08 bits per heavy atom. The molecular formula is C26H30N8O4S. The minimum Gasteiger partial charge on any atom is -0.383 e. The van der Waals surface area contributed by atoms with Gasteiger partial charge in [-0.15, -0.1) is 0 Å². The third-order valence-corrected chi connectivity index (χ3v) is 8.38. The van der Waals surface area contributed by atoms with Crippen molar-refractivity contribution in [1.29, 1.82) is 0 Å². The highest BCUT2D eigenvalue weighted by molar-refractivity contribution is 7.91. The summed E-state index contributed by atoms with van der Waals surface area (Å²) < 4.78 is 30.9. The van der Waals surface area contributed by atoms with Crippen molar-refractivity contribution < 1.29 is 13.2 Å². The van der Waals surface area contributed by atoms with Gasteiger partial charge in [-0.2, -0.15) is 0 Å². The highest BCUT2D eigenvalue weighted by atomic mass is 32.2. The standard InChI is InChI=1S/C26H30N8O4S/c1-4-19-21(22(16-6-7-16)31-15-30-19)23-29-14-20-25(33-23)34(10-11-38-3)26(35)24(32-20)28-12-17-8-9-18(13-27-17)39(36,37)5-2/h8-9,13-16H,4-7,10-12H2,1-3H3,(H,28,32). The molecule has 39 heavy (non-hydrogen) atoms. The second kappa shape index (κ2) is 11.1. The second-order valence-electron chi connectivity index (χ2n) is 9.26. The Morgan fingerprint density at radius 2 is 1.90 bits per heavy atom. The summed E-state index contributed by atoms with van der Waals surface area (Å²) in [7, 11) is -1.77. The van der Waals surface area contributed by atoms with E-state index >= 15 is 0 Å². The number of nitrogens with one attached hydrogen (secondary N) is 1. The summed E-state index contributed by atoms with van der Waals surface area (Å²) in [6, 6.07) is 3.12. The van der Waals surface area contributed by atoms with Crippen LogP contribution in [0.4, 0.5) is 5.82 Å². The number of methoxy groups -OCH3 is 1. The van der Waals surface area contributed by atoms with Crippen LogP contribution in [-0.4, -0.2) is 62.4 Å². The van der Waals surface area contributed by atoms with E-state index in [-0.39, 0.29) is 35.1 Å². The lowest BCUT2D eigenvalue weighted by molar-refractivity contribution is 0.187. The number of rotatable bonds is 11. The van der Waals surface area contributed by atoms with Crippen molar-refractivity contribution in [3.8, 4) is 11.4 Å². The SMILES string of the molecule is CCc1ncnc(C2CC2)c1-c1ncc2nc(NCc3ccc(S(=O)(=O)CC)cn3)c(=O)n(CCOC)c2n1. The smallest absolute Gasteiger partial charge is 0.295 e. The summed E-state index contributed by atoms with van der Waals surface area (Å²) in [5.41, 5.74) is 3.68. The minimum absolute atomic E-state index is 0.00294. The number of aryl methyl sites for hydroxylation is 1. The molecule has 1 N–H and O–H groups in total. The lowest BCUT2D eigenvalue weighted by Crippen LogP contribution is -2.28. The first-order valence-electron chi connectivity index (χ1n) is 12.9. The number of aromatic nitrogens is 7. The first-order chi connectivity index (χ1) is 18.9. The molecule has 0 unspecified atom stereocenters. The molecule has 0 bridgehead atoms. The fourth-order valence-electron chi connectivity index (χ4n) is 4.32. The molecule has 1 fully saturated rings. The highest BCUT2D eigenvalue weighted by Crippen LogP contribution is 2.43. The summed E-state index contributed by atoms with van der Waals surface area (Å²) >= 11 is 0. The van der Waals surface area contributed by atoms with Crippen LogP contribution in [0, 0.1) is 0 Å². The van der Waals surface area contributed by atoms with Crippen molar-refractivity contribution in [3.63, 3.8) is 0 Å². The molecule has 5 rings (SSSR count). The fourth-order valence-corrected chi connectivity index (χ4v) is 5.14. The Kier molecular flexibility index (Phi) is 7.62. The lowest BCUT2D eigenvalue weighted by Gasteiger charge is -2.14. The van der Waals surface area contributed by atoms with E-state index in [9.17, 15) is 13.2 Å². The number of pyridine rings is 1. The summed E-state index contributed by atoms with van der Waals surface area (Å²) in [6.45, 7) is 4.36. The molecule has 0 radical (unpaired) electrons. The zero-order valence-corrected chi connectivity index (χ0v) is 22.9. The maximum atomic E-state index is 13.5. The lowest BCUT2D eigenvalue weighted by atomic mass is 10.1. The Hall–Kier alpha value is -3.84. The Morgan fingerprint density at radius 3 is 2.56 bits per heavy atom. The second-order valence-corrected chi connectivity index (χ2v) is 11.5. The predicted molar refractivity (Wildman–Crippen MR) is 145 cm³/mol. The van der Waals surface area contributed by atoms with Gasteiger partial charge >= 0.3 is 0 Å². The fraction of sp³-hybridized carbons (Fsp3) is 0.423. The molecule has 0 saturated heterocycles. The van der Waals surface area contributed by atoms with Crippen LogP contribution in [-0.2, 0) is 34.1 Å². The van der Waals surface area contributed by atoms with Gasteiger partial charge in [0.25, 0.3) is 5.56 Å². The molecule has 1 saturated carbocycles. The normalized spacial score (nSPS) is 13.6. The van der Waals surface area contributed by atoms with Crippen LogP contribution >= 0.6 is 0 Å². The Balaban J connectivity index is 1.51. The van der Waals surface area contributed by atoms with Crippen molar-refractivity contribution >= 4 is 26.8 Å². The average Bonchev–Trinajstić information content (AvgIpc) is 3.81. The van der Waals surface area contributed by atoms with Crippen LogP contribution in [0.15, 0.2) is 40.5 Å². The van der Waals surface area contributed by atoms with Gasteiger partial charge in [0.05, 0.1) is 59.2 Å². The molecule has 0 spiro atoms. The van der Waals surface area contributed by atoms with Crippen molar-refractivity contribution in [3.05, 3.63) is 58.3 Å². The van der Waals surface area contributed by atoms with E-state index in [2.05, 4.69) is 30.2 Å². The monoisotopic (exact) mass is 550 g/mol. The van der Waals surface area contributed by atoms with E-state index in [1.165, 1.54) is 16.8 Å². The van der Waals surface area contributed by atoms with Crippen LogP contribution in [0.25, 0.3) is 22.6 Å². The van der Waals surface area contributed by atoms with Gasteiger partial charge in [0.15, 0.2) is 27.1 Å². The van der Waals surface area contributed by atoms with Crippen LogP contribution in [0.3, 0.4) is 0 Å². The maximum Gasteiger partial charge on any atom is 0.295 e. The number of fused-ring (bicyclic) bond motifs is 1. The third kappa shape index (κ3) is 5.50. The van der Waals surface area contributed by atoms with Crippen LogP contribution in [0.1, 0.15) is 49.7 Å². The molecule has 204 valence electrons. The molecule has 4 heterocycles. The number of nitrogens with zero attached hydrogens (tertiary/aromatic N) is 7. The van der Waals surface area contributed by atoms with Gasteiger partial charge < -0.3 is 10.1 Å². The summed E-state index contributed by atoms with van der Waals surface area (Å²) in [5, 5.41) is 3.03. The largest absolute Gasteiger partial charge is 0.383 e. The number of sulfone groups is 1. The molecule has 0 atom stereocenters. The number of anilines is 1. The number of ether oxygens (including phenoxy) is 1. The summed E-state index contributed by atoms with van der Waals surface area (Å²) in [6.07, 6.45) is 7.37.